The van der Waals surface area contributed by atoms with Crippen molar-refractivity contribution >= 4 is 23.6 Å². The second kappa shape index (κ2) is 7.40. The van der Waals surface area contributed by atoms with Gasteiger partial charge in [0.15, 0.2) is 0 Å². The van der Waals surface area contributed by atoms with E-state index in [2.05, 4.69) is 13.8 Å². The van der Waals surface area contributed by atoms with Gasteiger partial charge < -0.3 is 9.80 Å². The molecule has 2 heterocycles. The van der Waals surface area contributed by atoms with E-state index in [1.807, 2.05) is 40.3 Å². The normalized spacial score (nSPS) is 19.9. The number of hydrogen-bond donors (Lipinski definition) is 0. The first-order chi connectivity index (χ1) is 11.9. The summed E-state index contributed by atoms with van der Waals surface area (Å²) in [5, 5.41) is 0. The van der Waals surface area contributed by atoms with Gasteiger partial charge in [-0.25, -0.2) is 0 Å². The summed E-state index contributed by atoms with van der Waals surface area (Å²) in [7, 11) is 0. The minimum atomic E-state index is 0.0888. The van der Waals surface area contributed by atoms with Crippen molar-refractivity contribution in [1.29, 1.82) is 0 Å². The van der Waals surface area contributed by atoms with Crippen molar-refractivity contribution in [2.24, 2.45) is 11.3 Å². The van der Waals surface area contributed by atoms with E-state index in [-0.39, 0.29) is 11.3 Å². The van der Waals surface area contributed by atoms with Crippen molar-refractivity contribution < 1.29 is 9.59 Å². The van der Waals surface area contributed by atoms with Gasteiger partial charge in [-0.15, -0.1) is 11.8 Å². The number of hydrogen-bond acceptors (Lipinski definition) is 3. The molecule has 3 rings (SSSR count). The third-order valence-corrected chi connectivity index (χ3v) is 6.18. The fraction of sp³-hybridized carbons (Fsp3) is 0.600. The van der Waals surface area contributed by atoms with Crippen LogP contribution >= 0.6 is 11.8 Å². The number of rotatable bonds is 4. The van der Waals surface area contributed by atoms with Gasteiger partial charge in [-0.05, 0) is 49.3 Å². The smallest absolute Gasteiger partial charge is 0.253 e. The maximum Gasteiger partial charge on any atom is 0.253 e. The quantitative estimate of drug-likeness (QED) is 0.772. The van der Waals surface area contributed by atoms with E-state index in [4.69, 9.17) is 0 Å². The molecule has 5 heteroatoms. The van der Waals surface area contributed by atoms with Crippen molar-refractivity contribution in [2.45, 2.75) is 38.0 Å². The van der Waals surface area contributed by atoms with Crippen LogP contribution in [0.15, 0.2) is 29.2 Å². The molecule has 136 valence electrons. The summed E-state index contributed by atoms with van der Waals surface area (Å²) in [5.74, 6) is 0.914. The molecule has 2 fully saturated rings. The van der Waals surface area contributed by atoms with Gasteiger partial charge in [0.25, 0.3) is 5.91 Å². The van der Waals surface area contributed by atoms with Gasteiger partial charge in [0.05, 0.1) is 0 Å². The van der Waals surface area contributed by atoms with E-state index in [0.29, 0.717) is 18.2 Å². The van der Waals surface area contributed by atoms with Gasteiger partial charge in [-0.2, -0.15) is 0 Å². The van der Waals surface area contributed by atoms with E-state index in [9.17, 15) is 9.59 Å². The van der Waals surface area contributed by atoms with Crippen LogP contribution in [-0.2, 0) is 4.79 Å². The number of thioether (sulfide) groups is 1. The highest BCUT2D eigenvalue weighted by Crippen LogP contribution is 2.41. The van der Waals surface area contributed by atoms with Crippen LogP contribution in [0.4, 0.5) is 0 Å². The minimum Gasteiger partial charge on any atom is -0.342 e. The molecule has 2 aliphatic heterocycles. The van der Waals surface area contributed by atoms with Crippen LogP contribution in [0.5, 0.6) is 0 Å². The van der Waals surface area contributed by atoms with Crippen molar-refractivity contribution in [3.8, 4) is 0 Å². The largest absolute Gasteiger partial charge is 0.342 e. The fourth-order valence-corrected chi connectivity index (χ4v) is 4.43. The zero-order valence-electron chi connectivity index (χ0n) is 15.5. The molecule has 0 aliphatic carbocycles. The van der Waals surface area contributed by atoms with Crippen molar-refractivity contribution in [2.75, 3.05) is 32.4 Å². The number of carbonyl (C=O) groups excluding carboxylic acids is 2. The Morgan fingerprint density at radius 1 is 1.20 bits per heavy atom. The topological polar surface area (TPSA) is 40.6 Å². The summed E-state index contributed by atoms with van der Waals surface area (Å²) in [6.07, 6.45) is 4.56. The summed E-state index contributed by atoms with van der Waals surface area (Å²) < 4.78 is 0. The molecule has 4 nitrogen and oxygen atoms in total. The molecule has 1 spiro atoms. The Balaban J connectivity index is 1.60. The lowest BCUT2D eigenvalue weighted by Gasteiger charge is -2.39. The highest BCUT2D eigenvalue weighted by atomic mass is 32.2. The molecule has 1 aromatic carbocycles. The first-order valence-corrected chi connectivity index (χ1v) is 10.4. The number of carbonyl (C=O) groups is 2. The third-order valence-electron chi connectivity index (χ3n) is 5.44. The van der Waals surface area contributed by atoms with Gasteiger partial charge >= 0.3 is 0 Å². The Kier molecular flexibility index (Phi) is 5.42. The Morgan fingerprint density at radius 2 is 1.84 bits per heavy atom. The van der Waals surface area contributed by atoms with Gasteiger partial charge in [-0.1, -0.05) is 13.8 Å². The monoisotopic (exact) mass is 360 g/mol. The molecule has 0 atom stereocenters. The summed E-state index contributed by atoms with van der Waals surface area (Å²) in [4.78, 5) is 30.2. The number of nitrogens with zero attached hydrogens (tertiary/aromatic N) is 2. The molecule has 2 amide bonds. The highest BCUT2D eigenvalue weighted by Gasteiger charge is 2.45. The van der Waals surface area contributed by atoms with E-state index < -0.39 is 0 Å². The summed E-state index contributed by atoms with van der Waals surface area (Å²) >= 11 is 1.68. The summed E-state index contributed by atoms with van der Waals surface area (Å²) in [6, 6.07) is 7.84. The highest BCUT2D eigenvalue weighted by molar-refractivity contribution is 7.98. The number of likely N-dealkylation sites (tertiary alicyclic amines) is 2. The average Bonchev–Trinajstić information content (AvgIpc) is 2.89. The van der Waals surface area contributed by atoms with Gasteiger partial charge in [-0.3, -0.25) is 9.59 Å². The Labute approximate surface area is 154 Å². The van der Waals surface area contributed by atoms with Gasteiger partial charge in [0.2, 0.25) is 5.91 Å². The first kappa shape index (κ1) is 18.3. The first-order valence-electron chi connectivity index (χ1n) is 9.13. The second-order valence-corrected chi connectivity index (χ2v) is 8.75. The predicted octanol–water partition coefficient (Wildman–Crippen LogP) is 3.52. The zero-order valence-corrected chi connectivity index (χ0v) is 16.3. The molecular formula is C20H28N2O2S. The molecule has 1 aromatic rings. The molecular weight excluding hydrogens is 332 g/mol. The minimum absolute atomic E-state index is 0.0888. The van der Waals surface area contributed by atoms with Gasteiger partial charge in [0.1, 0.15) is 0 Å². The van der Waals surface area contributed by atoms with Crippen LogP contribution < -0.4 is 0 Å². The molecule has 25 heavy (non-hydrogen) atoms. The molecule has 2 saturated heterocycles. The third kappa shape index (κ3) is 4.02. The maximum atomic E-state index is 12.7. The van der Waals surface area contributed by atoms with Crippen LogP contribution in [0.2, 0.25) is 0 Å². The van der Waals surface area contributed by atoms with Crippen LogP contribution in [0.3, 0.4) is 0 Å². The summed E-state index contributed by atoms with van der Waals surface area (Å²) in [6.45, 7) is 7.54. The van der Waals surface area contributed by atoms with Crippen LogP contribution in [0.25, 0.3) is 0 Å². The number of piperidine rings is 1. The van der Waals surface area contributed by atoms with E-state index in [0.717, 1.165) is 44.6 Å². The Hall–Kier alpha value is -1.49. The molecule has 0 N–H and O–H groups in total. The molecule has 0 aromatic heterocycles. The zero-order chi connectivity index (χ0) is 18.0. The van der Waals surface area contributed by atoms with E-state index >= 15 is 0 Å². The van der Waals surface area contributed by atoms with Crippen molar-refractivity contribution in [3.05, 3.63) is 29.8 Å². The Bertz CT molecular complexity index is 634. The average molecular weight is 361 g/mol. The molecule has 0 bridgehead atoms. The second-order valence-electron chi connectivity index (χ2n) is 7.87. The SMILES string of the molecule is CSc1ccc(C(=O)N2CCC3(CC2)CC(=O)N(CC(C)C)C3)cc1. The lowest BCUT2D eigenvalue weighted by atomic mass is 9.77. The van der Waals surface area contributed by atoms with E-state index in [1.165, 1.54) is 4.90 Å². The lowest BCUT2D eigenvalue weighted by molar-refractivity contribution is -0.128. The molecule has 0 saturated carbocycles. The van der Waals surface area contributed by atoms with Crippen LogP contribution in [0.1, 0.15) is 43.5 Å². The van der Waals surface area contributed by atoms with Crippen molar-refractivity contribution in [3.63, 3.8) is 0 Å². The standard InChI is InChI=1S/C20H28N2O2S/c1-15(2)13-22-14-20(12-18(22)23)8-10-21(11-9-20)19(24)16-4-6-17(25-3)7-5-16/h4-7,15H,8-14H2,1-3H3. The van der Waals surface area contributed by atoms with Gasteiger partial charge in [0, 0.05) is 48.5 Å². The maximum absolute atomic E-state index is 12.7. The van der Waals surface area contributed by atoms with Crippen LogP contribution in [-0.4, -0.2) is 54.0 Å². The lowest BCUT2D eigenvalue weighted by Crippen LogP contribution is -2.44. The summed E-state index contributed by atoms with van der Waals surface area (Å²) in [5.41, 5.74) is 0.850. The molecule has 0 radical (unpaired) electrons. The number of benzene rings is 1. The predicted molar refractivity (Wildman–Crippen MR) is 102 cm³/mol. The van der Waals surface area contributed by atoms with E-state index in [1.54, 1.807) is 11.8 Å². The molecule has 2 aliphatic rings. The number of amides is 2. The van der Waals surface area contributed by atoms with Crippen LogP contribution in [0, 0.1) is 11.3 Å². The van der Waals surface area contributed by atoms with Crippen molar-refractivity contribution in [1.82, 2.24) is 9.80 Å². The fourth-order valence-electron chi connectivity index (χ4n) is 4.02. The molecule has 0 unspecified atom stereocenters. The Morgan fingerprint density at radius 3 is 2.40 bits per heavy atom.